The number of aromatic nitrogens is 3. The number of nitrogens with zero attached hydrogens (tertiary/aromatic N) is 5. The first-order valence-electron chi connectivity index (χ1n) is 5.97. The van der Waals surface area contributed by atoms with Gasteiger partial charge in [0.25, 0.3) is 5.95 Å². The Labute approximate surface area is 124 Å². The number of phenolic OH excluding ortho intramolecular Hbond substituents is 2. The quantitative estimate of drug-likeness (QED) is 0.560. The third-order valence-corrected chi connectivity index (χ3v) is 3.36. The van der Waals surface area contributed by atoms with E-state index in [4.69, 9.17) is 11.6 Å². The van der Waals surface area contributed by atoms with E-state index in [1.54, 1.807) is 35.9 Å². The molecule has 2 N–H and O–H groups in total. The second kappa shape index (κ2) is 5.02. The molecule has 0 saturated heterocycles. The van der Waals surface area contributed by atoms with Crippen molar-refractivity contribution in [1.82, 2.24) is 14.8 Å². The predicted molar refractivity (Wildman–Crippen MR) is 77.5 cm³/mol. The average Bonchev–Trinajstić information content (AvgIpc) is 2.90. The molecule has 1 heterocycles. The Bertz CT molecular complexity index is 859. The Kier molecular flexibility index (Phi) is 3.19. The first kappa shape index (κ1) is 13.3. The number of rotatable bonds is 2. The summed E-state index contributed by atoms with van der Waals surface area (Å²) in [5, 5.41) is 36.3. The minimum atomic E-state index is -0.156. The molecule has 3 rings (SSSR count). The molecule has 0 unspecified atom stereocenters. The molecule has 0 aliphatic carbocycles. The van der Waals surface area contributed by atoms with Crippen LogP contribution >= 0.6 is 11.6 Å². The molecule has 0 radical (unpaired) electrons. The molecule has 8 heteroatoms. The van der Waals surface area contributed by atoms with Crippen LogP contribution in [0, 0.1) is 0 Å². The maximum atomic E-state index is 10.3. The molecule has 0 aliphatic heterocycles. The molecule has 0 amide bonds. The zero-order valence-electron chi connectivity index (χ0n) is 10.9. The molecule has 0 spiro atoms. The number of halogens is 1. The zero-order valence-corrected chi connectivity index (χ0v) is 11.7. The Morgan fingerprint density at radius 3 is 2.38 bits per heavy atom. The number of aryl methyl sites for hydroxylation is 1. The summed E-state index contributed by atoms with van der Waals surface area (Å²) in [4.78, 5) is 0. The van der Waals surface area contributed by atoms with E-state index in [0.29, 0.717) is 10.8 Å². The van der Waals surface area contributed by atoms with Crippen LogP contribution in [-0.4, -0.2) is 25.0 Å². The van der Waals surface area contributed by atoms with Gasteiger partial charge >= 0.3 is 0 Å². The molecule has 3 aromatic rings. The molecular formula is C13H10ClN5O2. The van der Waals surface area contributed by atoms with Crippen LogP contribution in [0.2, 0.25) is 5.02 Å². The summed E-state index contributed by atoms with van der Waals surface area (Å²) in [6.45, 7) is 0. The molecule has 0 aliphatic rings. The lowest BCUT2D eigenvalue weighted by Crippen LogP contribution is -1.83. The fourth-order valence-corrected chi connectivity index (χ4v) is 2.14. The van der Waals surface area contributed by atoms with Gasteiger partial charge in [-0.2, -0.15) is 0 Å². The first-order valence-corrected chi connectivity index (χ1v) is 6.35. The van der Waals surface area contributed by atoms with E-state index in [-0.39, 0.29) is 28.2 Å². The highest BCUT2D eigenvalue weighted by Gasteiger charge is 2.17. The van der Waals surface area contributed by atoms with Gasteiger partial charge < -0.3 is 14.8 Å². The third-order valence-electron chi connectivity index (χ3n) is 3.00. The molecule has 7 nitrogen and oxygen atoms in total. The number of hydrogen-bond donors (Lipinski definition) is 2. The van der Waals surface area contributed by atoms with Crippen LogP contribution in [0.5, 0.6) is 11.5 Å². The van der Waals surface area contributed by atoms with Crippen molar-refractivity contribution in [2.24, 2.45) is 17.3 Å². The Morgan fingerprint density at radius 2 is 1.76 bits per heavy atom. The maximum Gasteiger partial charge on any atom is 0.269 e. The van der Waals surface area contributed by atoms with Crippen LogP contribution in [-0.2, 0) is 7.05 Å². The number of aromatic hydroxyl groups is 2. The number of hydrogen-bond acceptors (Lipinski definition) is 6. The van der Waals surface area contributed by atoms with Gasteiger partial charge in [0.05, 0.1) is 0 Å². The standard InChI is InChI=1S/C13H10ClN5O2/c1-19-6-15-17-13(19)18-16-10-9(14)11(20)7-4-2-3-5-8(7)12(10)21/h2-6,20-21H,1H3. The fourth-order valence-electron chi connectivity index (χ4n) is 1.91. The Morgan fingerprint density at radius 1 is 1.10 bits per heavy atom. The third kappa shape index (κ3) is 2.17. The van der Waals surface area contributed by atoms with Crippen molar-refractivity contribution in [3.05, 3.63) is 35.6 Å². The maximum absolute atomic E-state index is 10.3. The number of phenols is 2. The highest BCUT2D eigenvalue weighted by atomic mass is 35.5. The minimum absolute atomic E-state index is 0.0177. The van der Waals surface area contributed by atoms with Gasteiger partial charge in [-0.15, -0.1) is 20.4 Å². The van der Waals surface area contributed by atoms with Gasteiger partial charge in [-0.05, 0) is 0 Å². The summed E-state index contributed by atoms with van der Waals surface area (Å²) in [5.74, 6) is -0.0607. The highest BCUT2D eigenvalue weighted by Crippen LogP contribution is 2.47. The Balaban J connectivity index is 2.19. The van der Waals surface area contributed by atoms with Crippen LogP contribution in [0.1, 0.15) is 0 Å². The summed E-state index contributed by atoms with van der Waals surface area (Å²) in [6.07, 6.45) is 1.47. The van der Waals surface area contributed by atoms with E-state index in [2.05, 4.69) is 20.4 Å². The summed E-state index contributed by atoms with van der Waals surface area (Å²) in [5.41, 5.74) is -0.0177. The van der Waals surface area contributed by atoms with E-state index in [1.807, 2.05) is 0 Å². The van der Waals surface area contributed by atoms with Gasteiger partial charge in [-0.1, -0.05) is 35.9 Å². The molecule has 21 heavy (non-hydrogen) atoms. The van der Waals surface area contributed by atoms with Crippen molar-refractivity contribution in [3.8, 4) is 11.5 Å². The van der Waals surface area contributed by atoms with Gasteiger partial charge in [-0.3, -0.25) is 0 Å². The van der Waals surface area contributed by atoms with Crippen LogP contribution in [0.3, 0.4) is 0 Å². The van der Waals surface area contributed by atoms with Gasteiger partial charge in [0.15, 0.2) is 11.4 Å². The van der Waals surface area contributed by atoms with E-state index in [0.717, 1.165) is 0 Å². The average molecular weight is 304 g/mol. The van der Waals surface area contributed by atoms with Crippen molar-refractivity contribution in [3.63, 3.8) is 0 Å². The van der Waals surface area contributed by atoms with Crippen molar-refractivity contribution < 1.29 is 10.2 Å². The Hall–Kier alpha value is -2.67. The van der Waals surface area contributed by atoms with Crippen molar-refractivity contribution in [2.45, 2.75) is 0 Å². The molecule has 2 aromatic carbocycles. The highest BCUT2D eigenvalue weighted by molar-refractivity contribution is 6.36. The first-order chi connectivity index (χ1) is 10.1. The van der Waals surface area contributed by atoms with E-state index in [9.17, 15) is 10.2 Å². The van der Waals surface area contributed by atoms with Gasteiger partial charge in [0.1, 0.15) is 17.1 Å². The minimum Gasteiger partial charge on any atom is -0.506 e. The molecule has 0 fully saturated rings. The molecular weight excluding hydrogens is 294 g/mol. The summed E-state index contributed by atoms with van der Waals surface area (Å²) >= 11 is 6.05. The second-order valence-corrected chi connectivity index (χ2v) is 4.73. The van der Waals surface area contributed by atoms with Gasteiger partial charge in [-0.25, -0.2) is 0 Å². The van der Waals surface area contributed by atoms with Gasteiger partial charge in [0, 0.05) is 17.8 Å². The molecule has 0 atom stereocenters. The van der Waals surface area contributed by atoms with Crippen LogP contribution < -0.4 is 0 Å². The predicted octanol–water partition coefficient (Wildman–Crippen LogP) is 3.45. The van der Waals surface area contributed by atoms with Crippen LogP contribution in [0.4, 0.5) is 11.6 Å². The van der Waals surface area contributed by atoms with E-state index in [1.165, 1.54) is 6.33 Å². The van der Waals surface area contributed by atoms with E-state index >= 15 is 0 Å². The molecule has 0 bridgehead atoms. The second-order valence-electron chi connectivity index (χ2n) is 4.35. The number of azo groups is 1. The number of benzene rings is 2. The lowest BCUT2D eigenvalue weighted by atomic mass is 10.1. The monoisotopic (exact) mass is 303 g/mol. The topological polar surface area (TPSA) is 95.9 Å². The van der Waals surface area contributed by atoms with E-state index < -0.39 is 0 Å². The zero-order chi connectivity index (χ0) is 15.0. The number of fused-ring (bicyclic) bond motifs is 1. The normalized spacial score (nSPS) is 11.5. The molecule has 1 aromatic heterocycles. The van der Waals surface area contributed by atoms with Crippen molar-refractivity contribution in [1.29, 1.82) is 0 Å². The van der Waals surface area contributed by atoms with Crippen molar-refractivity contribution >= 4 is 34.0 Å². The van der Waals surface area contributed by atoms with Crippen LogP contribution in [0.15, 0.2) is 40.8 Å². The smallest absolute Gasteiger partial charge is 0.269 e. The lowest BCUT2D eigenvalue weighted by molar-refractivity contribution is 0.470. The SMILES string of the molecule is Cn1cnnc1N=Nc1c(Cl)c(O)c2ccccc2c1O. The lowest BCUT2D eigenvalue weighted by Gasteiger charge is -2.08. The molecule has 0 saturated carbocycles. The fraction of sp³-hybridized carbons (Fsp3) is 0.0769. The largest absolute Gasteiger partial charge is 0.506 e. The summed E-state index contributed by atoms with van der Waals surface area (Å²) in [7, 11) is 1.70. The van der Waals surface area contributed by atoms with Crippen molar-refractivity contribution in [2.75, 3.05) is 0 Å². The van der Waals surface area contributed by atoms with Gasteiger partial charge in [0.2, 0.25) is 0 Å². The van der Waals surface area contributed by atoms with Crippen LogP contribution in [0.25, 0.3) is 10.8 Å². The summed E-state index contributed by atoms with van der Waals surface area (Å²) in [6, 6.07) is 6.78. The molecule has 106 valence electrons. The summed E-state index contributed by atoms with van der Waals surface area (Å²) < 4.78 is 1.55.